The first-order chi connectivity index (χ1) is 8.55. The highest BCUT2D eigenvalue weighted by Gasteiger charge is 2.42. The lowest BCUT2D eigenvalue weighted by Gasteiger charge is -2.34. The second-order valence-corrected chi connectivity index (χ2v) is 4.79. The van der Waals surface area contributed by atoms with Gasteiger partial charge in [-0.3, -0.25) is 4.79 Å². The van der Waals surface area contributed by atoms with Crippen molar-refractivity contribution in [2.75, 3.05) is 26.3 Å². The summed E-state index contributed by atoms with van der Waals surface area (Å²) in [6, 6.07) is 0. The third kappa shape index (κ3) is 2.39. The second-order valence-electron chi connectivity index (χ2n) is 4.79. The van der Waals surface area contributed by atoms with Gasteiger partial charge >= 0.3 is 5.97 Å². The zero-order valence-corrected chi connectivity index (χ0v) is 10.4. The molecule has 0 atom stereocenters. The van der Waals surface area contributed by atoms with E-state index in [1.807, 2.05) is 0 Å². The van der Waals surface area contributed by atoms with E-state index in [0.29, 0.717) is 44.7 Å². The van der Waals surface area contributed by atoms with Crippen LogP contribution >= 0.6 is 0 Å². The maximum Gasteiger partial charge on any atom is 0.329 e. The minimum absolute atomic E-state index is 0.282. The second kappa shape index (κ2) is 5.07. The third-order valence-corrected chi connectivity index (χ3v) is 3.66. The lowest BCUT2D eigenvalue weighted by atomic mass is 9.89. The van der Waals surface area contributed by atoms with Gasteiger partial charge in [0.25, 0.3) is 0 Å². The molecule has 2 fully saturated rings. The van der Waals surface area contributed by atoms with E-state index < -0.39 is 11.5 Å². The zero-order chi connectivity index (χ0) is 13.2. The third-order valence-electron chi connectivity index (χ3n) is 3.66. The normalized spacial score (nSPS) is 21.9. The van der Waals surface area contributed by atoms with Gasteiger partial charge in [-0.15, -0.1) is 0 Å². The van der Waals surface area contributed by atoms with Crippen LogP contribution in [0.1, 0.15) is 19.8 Å². The molecule has 2 saturated heterocycles. The SMILES string of the molecule is CC(C(=O)NC1(C(=O)O)CCOCC1)=C1CNC1. The van der Waals surface area contributed by atoms with E-state index in [1.54, 1.807) is 6.92 Å². The maximum absolute atomic E-state index is 12.1. The van der Waals surface area contributed by atoms with E-state index in [1.165, 1.54) is 0 Å². The molecule has 2 heterocycles. The van der Waals surface area contributed by atoms with Crippen LogP contribution in [0.25, 0.3) is 0 Å². The molecule has 0 radical (unpaired) electrons. The lowest BCUT2D eigenvalue weighted by Crippen LogP contribution is -2.58. The number of carbonyl (C=O) groups is 2. The predicted octanol–water partition coefficient (Wildman–Crippen LogP) is -0.344. The highest BCUT2D eigenvalue weighted by molar-refractivity contribution is 5.97. The monoisotopic (exact) mass is 254 g/mol. The van der Waals surface area contributed by atoms with Gasteiger partial charge < -0.3 is 20.5 Å². The molecular formula is C12H18N2O4. The van der Waals surface area contributed by atoms with Gasteiger partial charge in [0.05, 0.1) is 0 Å². The van der Waals surface area contributed by atoms with Crippen molar-refractivity contribution in [3.8, 4) is 0 Å². The predicted molar refractivity (Wildman–Crippen MR) is 64.1 cm³/mol. The number of amides is 1. The molecule has 3 N–H and O–H groups in total. The minimum Gasteiger partial charge on any atom is -0.480 e. The summed E-state index contributed by atoms with van der Waals surface area (Å²) in [5.41, 5.74) is 0.495. The van der Waals surface area contributed by atoms with Gasteiger partial charge in [0, 0.05) is 44.7 Å². The van der Waals surface area contributed by atoms with Crippen LogP contribution in [0.2, 0.25) is 0 Å². The topological polar surface area (TPSA) is 87.7 Å². The van der Waals surface area contributed by atoms with Crippen molar-refractivity contribution in [2.24, 2.45) is 0 Å². The zero-order valence-electron chi connectivity index (χ0n) is 10.4. The molecule has 2 aliphatic heterocycles. The standard InChI is InChI=1S/C12H18N2O4/c1-8(9-6-13-7-9)10(15)14-12(11(16)17)2-4-18-5-3-12/h13H,2-7H2,1H3,(H,14,15)(H,16,17). The fourth-order valence-corrected chi connectivity index (χ4v) is 2.10. The molecule has 18 heavy (non-hydrogen) atoms. The summed E-state index contributed by atoms with van der Waals surface area (Å²) in [6.45, 7) is 3.89. The number of hydrogen-bond acceptors (Lipinski definition) is 4. The highest BCUT2D eigenvalue weighted by Crippen LogP contribution is 2.22. The number of ether oxygens (including phenoxy) is 1. The molecule has 0 aromatic rings. The summed E-state index contributed by atoms with van der Waals surface area (Å²) in [7, 11) is 0. The van der Waals surface area contributed by atoms with Crippen molar-refractivity contribution in [3.63, 3.8) is 0 Å². The molecule has 6 nitrogen and oxygen atoms in total. The summed E-state index contributed by atoms with van der Waals surface area (Å²) in [6.07, 6.45) is 0.629. The van der Waals surface area contributed by atoms with E-state index in [2.05, 4.69) is 10.6 Å². The van der Waals surface area contributed by atoms with E-state index in [9.17, 15) is 14.7 Å². The van der Waals surface area contributed by atoms with E-state index >= 15 is 0 Å². The Labute approximate surface area is 105 Å². The molecule has 0 saturated carbocycles. The van der Waals surface area contributed by atoms with Gasteiger partial charge in [-0.1, -0.05) is 0 Å². The number of carbonyl (C=O) groups excluding carboxylic acids is 1. The average molecular weight is 254 g/mol. The van der Waals surface area contributed by atoms with Crippen LogP contribution in [-0.2, 0) is 14.3 Å². The van der Waals surface area contributed by atoms with Gasteiger partial charge in [0.1, 0.15) is 5.54 Å². The van der Waals surface area contributed by atoms with Gasteiger partial charge in [-0.25, -0.2) is 4.79 Å². The van der Waals surface area contributed by atoms with Crippen LogP contribution in [-0.4, -0.2) is 48.8 Å². The molecule has 100 valence electrons. The molecule has 0 aliphatic carbocycles. The first-order valence-corrected chi connectivity index (χ1v) is 6.08. The molecule has 0 aromatic heterocycles. The lowest BCUT2D eigenvalue weighted by molar-refractivity contribution is -0.151. The maximum atomic E-state index is 12.1. The fourth-order valence-electron chi connectivity index (χ4n) is 2.10. The number of rotatable bonds is 3. The minimum atomic E-state index is -1.17. The smallest absolute Gasteiger partial charge is 0.329 e. The Bertz CT molecular complexity index is 391. The highest BCUT2D eigenvalue weighted by atomic mass is 16.5. The van der Waals surface area contributed by atoms with Crippen molar-refractivity contribution >= 4 is 11.9 Å². The summed E-state index contributed by atoms with van der Waals surface area (Å²) in [5, 5.41) is 15.1. The van der Waals surface area contributed by atoms with Gasteiger partial charge in [0.2, 0.25) is 5.91 Å². The van der Waals surface area contributed by atoms with Crippen LogP contribution in [0.4, 0.5) is 0 Å². The molecule has 0 aromatic carbocycles. The quantitative estimate of drug-likeness (QED) is 0.600. The number of carboxylic acid groups (broad SMARTS) is 1. The summed E-state index contributed by atoms with van der Waals surface area (Å²) in [5.74, 6) is -1.26. The summed E-state index contributed by atoms with van der Waals surface area (Å²) in [4.78, 5) is 23.4. The van der Waals surface area contributed by atoms with Gasteiger partial charge in [-0.2, -0.15) is 0 Å². The Morgan fingerprint density at radius 2 is 1.94 bits per heavy atom. The van der Waals surface area contributed by atoms with Crippen LogP contribution in [0.3, 0.4) is 0 Å². The van der Waals surface area contributed by atoms with Crippen molar-refractivity contribution in [3.05, 3.63) is 11.1 Å². The van der Waals surface area contributed by atoms with Crippen LogP contribution in [0.15, 0.2) is 11.1 Å². The number of nitrogens with one attached hydrogen (secondary N) is 2. The van der Waals surface area contributed by atoms with E-state index in [0.717, 1.165) is 5.57 Å². The molecule has 2 aliphatic rings. The Balaban J connectivity index is 2.09. The summed E-state index contributed by atoms with van der Waals surface area (Å²) < 4.78 is 5.16. The largest absolute Gasteiger partial charge is 0.480 e. The van der Waals surface area contributed by atoms with Crippen LogP contribution in [0.5, 0.6) is 0 Å². The molecule has 0 bridgehead atoms. The van der Waals surface area contributed by atoms with Crippen molar-refractivity contribution in [1.29, 1.82) is 0 Å². The number of hydrogen-bond donors (Lipinski definition) is 3. The fraction of sp³-hybridized carbons (Fsp3) is 0.667. The first-order valence-electron chi connectivity index (χ1n) is 6.08. The molecule has 6 heteroatoms. The Kier molecular flexibility index (Phi) is 3.68. The van der Waals surface area contributed by atoms with E-state index in [-0.39, 0.29) is 5.91 Å². The Morgan fingerprint density at radius 1 is 1.33 bits per heavy atom. The Hall–Kier alpha value is -1.40. The molecule has 1 amide bonds. The van der Waals surface area contributed by atoms with Gasteiger partial charge in [0.15, 0.2) is 0 Å². The molecule has 2 rings (SSSR count). The first kappa shape index (κ1) is 13.0. The molecule has 0 unspecified atom stereocenters. The molecule has 0 spiro atoms. The van der Waals surface area contributed by atoms with Crippen LogP contribution < -0.4 is 10.6 Å². The Morgan fingerprint density at radius 3 is 2.39 bits per heavy atom. The van der Waals surface area contributed by atoms with Crippen LogP contribution in [0, 0.1) is 0 Å². The number of aliphatic carboxylic acids is 1. The summed E-state index contributed by atoms with van der Waals surface area (Å²) >= 11 is 0. The van der Waals surface area contributed by atoms with E-state index in [4.69, 9.17) is 4.74 Å². The van der Waals surface area contributed by atoms with Gasteiger partial charge in [-0.05, 0) is 12.5 Å². The number of carboxylic acids is 1. The van der Waals surface area contributed by atoms with Crippen molar-refractivity contribution < 1.29 is 19.4 Å². The van der Waals surface area contributed by atoms with Crippen molar-refractivity contribution in [2.45, 2.75) is 25.3 Å². The van der Waals surface area contributed by atoms with Crippen molar-refractivity contribution in [1.82, 2.24) is 10.6 Å². The average Bonchev–Trinajstić information content (AvgIpc) is 2.27. The molecular weight excluding hydrogens is 236 g/mol.